The van der Waals surface area contributed by atoms with Gasteiger partial charge in [-0.05, 0) is 12.8 Å². The largest absolute Gasteiger partial charge is 0.269 e. The van der Waals surface area contributed by atoms with Crippen LogP contribution in [0.5, 0.6) is 0 Å². The average molecular weight is 240 g/mol. The van der Waals surface area contributed by atoms with Crippen LogP contribution in [0.4, 0.5) is 0 Å². The van der Waals surface area contributed by atoms with E-state index in [2.05, 4.69) is 29.5 Å². The van der Waals surface area contributed by atoms with Gasteiger partial charge in [0, 0.05) is 16.5 Å². The van der Waals surface area contributed by atoms with Gasteiger partial charge in [-0.25, -0.2) is 5.01 Å². The maximum Gasteiger partial charge on any atom is 0.0219 e. The molecule has 0 unspecified atom stereocenters. The molecule has 2 N–H and O–H groups in total. The smallest absolute Gasteiger partial charge is 0.0219 e. The lowest BCUT2D eigenvalue weighted by Crippen LogP contribution is -2.43. The Morgan fingerprint density at radius 3 is 2.22 bits per heavy atom. The van der Waals surface area contributed by atoms with Gasteiger partial charge in [0.1, 0.15) is 0 Å². The highest BCUT2D eigenvalue weighted by Crippen LogP contribution is 2.29. The molecule has 0 aliphatic carbocycles. The molecule has 54 valence electrons. The highest BCUT2D eigenvalue weighted by atomic mass is 127. The second kappa shape index (κ2) is 2.72. The highest BCUT2D eigenvalue weighted by Gasteiger charge is 2.25. The Kier molecular flexibility index (Phi) is 2.34. The molecule has 3 heteroatoms. The third-order valence-corrected chi connectivity index (χ3v) is 2.92. The summed E-state index contributed by atoms with van der Waals surface area (Å²) in [6, 6.07) is 0. The normalized spacial score (nSPS) is 28.3. The number of piperidine rings is 1. The first-order chi connectivity index (χ1) is 4.10. The van der Waals surface area contributed by atoms with Gasteiger partial charge in [0.15, 0.2) is 0 Å². The van der Waals surface area contributed by atoms with Crippen molar-refractivity contribution in [2.24, 2.45) is 5.84 Å². The van der Waals surface area contributed by atoms with E-state index in [1.165, 1.54) is 12.8 Å². The third-order valence-electron chi connectivity index (χ3n) is 1.84. The van der Waals surface area contributed by atoms with E-state index in [1.807, 2.05) is 5.01 Å². The SMILES string of the molecule is CC1(I)CCN(N)CC1. The Bertz CT molecular complexity index is 93.2. The Labute approximate surface area is 69.9 Å². The molecule has 0 bridgehead atoms. The van der Waals surface area contributed by atoms with E-state index in [-0.39, 0.29) is 0 Å². The molecule has 1 fully saturated rings. The topological polar surface area (TPSA) is 29.3 Å². The minimum absolute atomic E-state index is 0.508. The summed E-state index contributed by atoms with van der Waals surface area (Å²) in [5.74, 6) is 5.59. The summed E-state index contributed by atoms with van der Waals surface area (Å²) >= 11 is 2.52. The standard InChI is InChI=1S/C6H13IN2/c1-6(7)2-4-9(8)5-3-6/h2-5,8H2,1H3. The minimum atomic E-state index is 0.508. The summed E-state index contributed by atoms with van der Waals surface area (Å²) in [6.45, 7) is 4.40. The molecule has 1 aliphatic rings. The predicted molar refractivity (Wildman–Crippen MR) is 47.4 cm³/mol. The summed E-state index contributed by atoms with van der Waals surface area (Å²) in [6.07, 6.45) is 2.45. The number of rotatable bonds is 0. The fourth-order valence-corrected chi connectivity index (χ4v) is 1.47. The number of hydrogen-bond acceptors (Lipinski definition) is 2. The van der Waals surface area contributed by atoms with Gasteiger partial charge in [-0.15, -0.1) is 0 Å². The average Bonchev–Trinajstić information content (AvgIpc) is 1.78. The Hall–Kier alpha value is 0.650. The van der Waals surface area contributed by atoms with Gasteiger partial charge >= 0.3 is 0 Å². The van der Waals surface area contributed by atoms with Crippen LogP contribution in [0, 0.1) is 0 Å². The summed E-state index contributed by atoms with van der Waals surface area (Å²) < 4.78 is 0.508. The molecular formula is C6H13IN2. The van der Waals surface area contributed by atoms with E-state index in [0.29, 0.717) is 3.42 Å². The molecule has 0 aromatic rings. The predicted octanol–water partition coefficient (Wildman–Crippen LogP) is 1.15. The molecule has 2 nitrogen and oxygen atoms in total. The maximum absolute atomic E-state index is 5.59. The molecule has 0 atom stereocenters. The Morgan fingerprint density at radius 2 is 1.89 bits per heavy atom. The van der Waals surface area contributed by atoms with Crippen LogP contribution in [0.3, 0.4) is 0 Å². The van der Waals surface area contributed by atoms with E-state index in [4.69, 9.17) is 5.84 Å². The summed E-state index contributed by atoms with van der Waals surface area (Å²) in [5, 5.41) is 1.90. The quantitative estimate of drug-likeness (QED) is 0.391. The fourth-order valence-electron chi connectivity index (χ4n) is 0.990. The van der Waals surface area contributed by atoms with Crippen LogP contribution in [0.1, 0.15) is 19.8 Å². The second-order valence-electron chi connectivity index (χ2n) is 2.95. The Balaban J connectivity index is 2.35. The third kappa shape index (κ3) is 2.39. The van der Waals surface area contributed by atoms with Crippen LogP contribution in [-0.2, 0) is 0 Å². The lowest BCUT2D eigenvalue weighted by Gasteiger charge is -2.32. The van der Waals surface area contributed by atoms with Crippen LogP contribution >= 0.6 is 22.6 Å². The molecule has 0 aromatic heterocycles. The number of nitrogens with two attached hydrogens (primary N) is 1. The summed E-state index contributed by atoms with van der Waals surface area (Å²) in [7, 11) is 0. The van der Waals surface area contributed by atoms with Crippen molar-refractivity contribution >= 4 is 22.6 Å². The summed E-state index contributed by atoms with van der Waals surface area (Å²) in [4.78, 5) is 0. The first-order valence-electron chi connectivity index (χ1n) is 3.29. The van der Waals surface area contributed by atoms with Crippen LogP contribution in [-0.4, -0.2) is 21.5 Å². The van der Waals surface area contributed by atoms with Crippen molar-refractivity contribution in [2.75, 3.05) is 13.1 Å². The van der Waals surface area contributed by atoms with E-state index in [0.717, 1.165) is 13.1 Å². The molecule has 1 saturated heterocycles. The number of hydrogen-bond donors (Lipinski definition) is 1. The fraction of sp³-hybridized carbons (Fsp3) is 1.00. The zero-order chi connectivity index (χ0) is 6.91. The number of nitrogens with zero attached hydrogens (tertiary/aromatic N) is 1. The highest BCUT2D eigenvalue weighted by molar-refractivity contribution is 14.1. The zero-order valence-corrected chi connectivity index (χ0v) is 7.89. The molecule has 0 aromatic carbocycles. The molecular weight excluding hydrogens is 227 g/mol. The van der Waals surface area contributed by atoms with Crippen LogP contribution in [0.25, 0.3) is 0 Å². The van der Waals surface area contributed by atoms with Gasteiger partial charge in [-0.3, -0.25) is 5.84 Å². The molecule has 0 spiro atoms. The number of hydrazine groups is 1. The van der Waals surface area contributed by atoms with Crippen LogP contribution in [0.15, 0.2) is 0 Å². The van der Waals surface area contributed by atoms with Gasteiger partial charge in [0.2, 0.25) is 0 Å². The van der Waals surface area contributed by atoms with Crippen LogP contribution in [0.2, 0.25) is 0 Å². The van der Waals surface area contributed by atoms with Crippen LogP contribution < -0.4 is 5.84 Å². The van der Waals surface area contributed by atoms with Crippen molar-refractivity contribution < 1.29 is 0 Å². The molecule has 1 aliphatic heterocycles. The lowest BCUT2D eigenvalue weighted by molar-refractivity contribution is 0.217. The second-order valence-corrected chi connectivity index (χ2v) is 5.55. The first-order valence-corrected chi connectivity index (χ1v) is 4.37. The van der Waals surface area contributed by atoms with E-state index in [1.54, 1.807) is 0 Å². The van der Waals surface area contributed by atoms with Gasteiger partial charge in [0.25, 0.3) is 0 Å². The van der Waals surface area contributed by atoms with Gasteiger partial charge in [-0.2, -0.15) is 0 Å². The van der Waals surface area contributed by atoms with Crippen molar-refractivity contribution in [3.05, 3.63) is 0 Å². The molecule has 1 heterocycles. The van der Waals surface area contributed by atoms with Crippen molar-refractivity contribution in [1.82, 2.24) is 5.01 Å². The maximum atomic E-state index is 5.59. The minimum Gasteiger partial charge on any atom is -0.269 e. The Morgan fingerprint density at radius 1 is 1.44 bits per heavy atom. The van der Waals surface area contributed by atoms with Crippen molar-refractivity contribution in [1.29, 1.82) is 0 Å². The zero-order valence-electron chi connectivity index (χ0n) is 5.73. The first kappa shape index (κ1) is 7.75. The molecule has 0 amide bonds. The molecule has 0 radical (unpaired) electrons. The van der Waals surface area contributed by atoms with E-state index >= 15 is 0 Å². The monoisotopic (exact) mass is 240 g/mol. The molecule has 1 rings (SSSR count). The summed E-state index contributed by atoms with van der Waals surface area (Å²) in [5.41, 5.74) is 0. The van der Waals surface area contributed by atoms with E-state index in [9.17, 15) is 0 Å². The van der Waals surface area contributed by atoms with Crippen molar-refractivity contribution in [3.8, 4) is 0 Å². The van der Waals surface area contributed by atoms with Gasteiger partial charge in [-0.1, -0.05) is 29.5 Å². The van der Waals surface area contributed by atoms with Gasteiger partial charge < -0.3 is 0 Å². The number of halogens is 1. The van der Waals surface area contributed by atoms with E-state index < -0.39 is 0 Å². The lowest BCUT2D eigenvalue weighted by atomic mass is 10.0. The van der Waals surface area contributed by atoms with Crippen molar-refractivity contribution in [2.45, 2.75) is 23.2 Å². The molecule has 9 heavy (non-hydrogen) atoms. The van der Waals surface area contributed by atoms with Gasteiger partial charge in [0.05, 0.1) is 0 Å². The molecule has 0 saturated carbocycles. The number of alkyl halides is 1. The van der Waals surface area contributed by atoms with Crippen molar-refractivity contribution in [3.63, 3.8) is 0 Å².